The molecule has 0 spiro atoms. The minimum Gasteiger partial charge on any atom is -0.381 e. The van der Waals surface area contributed by atoms with Crippen LogP contribution in [0.2, 0.25) is 0 Å². The van der Waals surface area contributed by atoms with Gasteiger partial charge in [0.25, 0.3) is 0 Å². The third-order valence-corrected chi connectivity index (χ3v) is 3.03. The lowest BCUT2D eigenvalue weighted by Crippen LogP contribution is -2.27. The van der Waals surface area contributed by atoms with Crippen molar-refractivity contribution in [3.63, 3.8) is 0 Å². The van der Waals surface area contributed by atoms with Crippen molar-refractivity contribution >= 4 is 5.78 Å². The summed E-state index contributed by atoms with van der Waals surface area (Å²) in [5.74, 6) is 0.784. The predicted molar refractivity (Wildman–Crippen MR) is 58.9 cm³/mol. The van der Waals surface area contributed by atoms with Crippen molar-refractivity contribution in [2.75, 3.05) is 20.3 Å². The van der Waals surface area contributed by atoms with Gasteiger partial charge >= 0.3 is 0 Å². The van der Waals surface area contributed by atoms with Crippen LogP contribution in [0.15, 0.2) is 0 Å². The Labute approximate surface area is 92.1 Å². The van der Waals surface area contributed by atoms with Gasteiger partial charge in [-0.15, -0.1) is 0 Å². The van der Waals surface area contributed by atoms with Crippen LogP contribution in [0.5, 0.6) is 0 Å². The zero-order valence-electron chi connectivity index (χ0n) is 9.83. The minimum absolute atomic E-state index is 0.183. The van der Waals surface area contributed by atoms with Gasteiger partial charge in [0.1, 0.15) is 6.10 Å². The van der Waals surface area contributed by atoms with Gasteiger partial charge in [0.05, 0.1) is 0 Å². The zero-order chi connectivity index (χ0) is 11.1. The molecule has 1 heterocycles. The lowest BCUT2D eigenvalue weighted by Gasteiger charge is -2.23. The van der Waals surface area contributed by atoms with E-state index in [4.69, 9.17) is 9.47 Å². The molecular formula is C12H22O3. The Balaban J connectivity index is 2.31. The number of carbonyl (C=O) groups excluding carboxylic acids is 1. The summed E-state index contributed by atoms with van der Waals surface area (Å²) < 4.78 is 10.5. The Morgan fingerprint density at radius 2 is 2.13 bits per heavy atom. The average molecular weight is 214 g/mol. The summed E-state index contributed by atoms with van der Waals surface area (Å²) in [6, 6.07) is 0. The number of hydrogen-bond donors (Lipinski definition) is 0. The van der Waals surface area contributed by atoms with E-state index < -0.39 is 0 Å². The second kappa shape index (κ2) is 6.96. The molecule has 15 heavy (non-hydrogen) atoms. The molecule has 1 atom stereocenters. The van der Waals surface area contributed by atoms with Crippen molar-refractivity contribution < 1.29 is 14.3 Å². The Kier molecular flexibility index (Phi) is 5.88. The summed E-state index contributed by atoms with van der Waals surface area (Å²) in [5.41, 5.74) is 0. The Hall–Kier alpha value is -0.410. The molecule has 0 amide bonds. The Morgan fingerprint density at radius 3 is 2.67 bits per heavy atom. The van der Waals surface area contributed by atoms with Crippen molar-refractivity contribution in [1.82, 2.24) is 0 Å². The van der Waals surface area contributed by atoms with Gasteiger partial charge < -0.3 is 9.47 Å². The van der Waals surface area contributed by atoms with Crippen LogP contribution < -0.4 is 0 Å². The van der Waals surface area contributed by atoms with Crippen molar-refractivity contribution in [1.29, 1.82) is 0 Å². The molecule has 0 bridgehead atoms. The van der Waals surface area contributed by atoms with Gasteiger partial charge in [0.2, 0.25) is 0 Å². The standard InChI is InChI=1S/C12H22O3/c1-3-4-12(14-2)11(13)9-10-5-7-15-8-6-10/h10,12H,3-9H2,1-2H3. The summed E-state index contributed by atoms with van der Waals surface area (Å²) in [6.45, 7) is 3.69. The third-order valence-electron chi connectivity index (χ3n) is 3.03. The molecule has 1 aliphatic rings. The maximum absolute atomic E-state index is 11.9. The van der Waals surface area contributed by atoms with Gasteiger partial charge in [0, 0.05) is 26.7 Å². The van der Waals surface area contributed by atoms with Gasteiger partial charge in [-0.2, -0.15) is 0 Å². The van der Waals surface area contributed by atoms with Crippen LogP contribution in [0.3, 0.4) is 0 Å². The molecule has 3 nitrogen and oxygen atoms in total. The number of ketones is 1. The SMILES string of the molecule is CCCC(OC)C(=O)CC1CCOCC1. The van der Waals surface area contributed by atoms with Gasteiger partial charge in [-0.05, 0) is 25.2 Å². The smallest absolute Gasteiger partial charge is 0.161 e. The highest BCUT2D eigenvalue weighted by atomic mass is 16.5. The lowest BCUT2D eigenvalue weighted by molar-refractivity contribution is -0.130. The first-order valence-electron chi connectivity index (χ1n) is 5.91. The fraction of sp³-hybridized carbons (Fsp3) is 0.917. The van der Waals surface area contributed by atoms with Crippen LogP contribution in [-0.2, 0) is 14.3 Å². The van der Waals surface area contributed by atoms with E-state index in [1.165, 1.54) is 0 Å². The van der Waals surface area contributed by atoms with E-state index in [-0.39, 0.29) is 11.9 Å². The van der Waals surface area contributed by atoms with Gasteiger partial charge in [-0.1, -0.05) is 13.3 Å². The lowest BCUT2D eigenvalue weighted by atomic mass is 9.92. The minimum atomic E-state index is -0.183. The number of methoxy groups -OCH3 is 1. The number of hydrogen-bond acceptors (Lipinski definition) is 3. The molecule has 1 saturated heterocycles. The highest BCUT2D eigenvalue weighted by molar-refractivity contribution is 5.83. The van der Waals surface area contributed by atoms with Crippen molar-refractivity contribution in [2.24, 2.45) is 5.92 Å². The number of ether oxygens (including phenoxy) is 2. The molecule has 3 heteroatoms. The van der Waals surface area contributed by atoms with Crippen LogP contribution in [-0.4, -0.2) is 32.2 Å². The fourth-order valence-corrected chi connectivity index (χ4v) is 2.04. The van der Waals surface area contributed by atoms with E-state index in [2.05, 4.69) is 6.92 Å². The topological polar surface area (TPSA) is 35.5 Å². The number of rotatable bonds is 6. The first kappa shape index (κ1) is 12.7. The molecule has 0 radical (unpaired) electrons. The first-order valence-corrected chi connectivity index (χ1v) is 5.91. The molecule has 0 N–H and O–H groups in total. The van der Waals surface area contributed by atoms with Crippen LogP contribution in [0.1, 0.15) is 39.0 Å². The molecular weight excluding hydrogens is 192 g/mol. The van der Waals surface area contributed by atoms with Crippen LogP contribution in [0.25, 0.3) is 0 Å². The van der Waals surface area contributed by atoms with E-state index in [1.807, 2.05) is 0 Å². The summed E-state index contributed by atoms with van der Waals surface area (Å²) in [6.07, 6.45) is 4.37. The molecule has 0 aliphatic carbocycles. The highest BCUT2D eigenvalue weighted by Crippen LogP contribution is 2.20. The van der Waals surface area contributed by atoms with E-state index in [9.17, 15) is 4.79 Å². The molecule has 1 fully saturated rings. The van der Waals surface area contributed by atoms with E-state index in [1.54, 1.807) is 7.11 Å². The number of Topliss-reactive ketones (excluding diaryl/α,β-unsaturated/α-hetero) is 1. The maximum Gasteiger partial charge on any atom is 0.161 e. The monoisotopic (exact) mass is 214 g/mol. The molecule has 0 saturated carbocycles. The van der Waals surface area contributed by atoms with E-state index >= 15 is 0 Å². The molecule has 1 rings (SSSR count). The van der Waals surface area contributed by atoms with Crippen LogP contribution >= 0.6 is 0 Å². The molecule has 88 valence electrons. The largest absolute Gasteiger partial charge is 0.381 e. The van der Waals surface area contributed by atoms with Gasteiger partial charge in [0.15, 0.2) is 5.78 Å². The summed E-state index contributed by atoms with van der Waals surface area (Å²) in [7, 11) is 1.63. The van der Waals surface area contributed by atoms with Crippen LogP contribution in [0, 0.1) is 5.92 Å². The van der Waals surface area contributed by atoms with Gasteiger partial charge in [-0.25, -0.2) is 0 Å². The molecule has 0 aromatic heterocycles. The molecule has 0 aromatic rings. The van der Waals surface area contributed by atoms with Crippen molar-refractivity contribution in [3.8, 4) is 0 Å². The maximum atomic E-state index is 11.9. The zero-order valence-corrected chi connectivity index (χ0v) is 9.83. The van der Waals surface area contributed by atoms with Gasteiger partial charge in [-0.3, -0.25) is 4.79 Å². The van der Waals surface area contributed by atoms with Crippen molar-refractivity contribution in [2.45, 2.75) is 45.1 Å². The fourth-order valence-electron chi connectivity index (χ4n) is 2.04. The Morgan fingerprint density at radius 1 is 1.47 bits per heavy atom. The van der Waals surface area contributed by atoms with Crippen molar-refractivity contribution in [3.05, 3.63) is 0 Å². The highest BCUT2D eigenvalue weighted by Gasteiger charge is 2.22. The average Bonchev–Trinajstić information content (AvgIpc) is 2.27. The summed E-state index contributed by atoms with van der Waals surface area (Å²) in [5, 5.41) is 0. The number of carbonyl (C=O) groups is 1. The summed E-state index contributed by atoms with van der Waals surface area (Å²) >= 11 is 0. The van der Waals surface area contributed by atoms with E-state index in [0.29, 0.717) is 12.3 Å². The quantitative estimate of drug-likeness (QED) is 0.680. The molecule has 1 aliphatic heterocycles. The molecule has 0 aromatic carbocycles. The normalized spacial score (nSPS) is 20.1. The second-order valence-electron chi connectivity index (χ2n) is 4.24. The second-order valence-corrected chi connectivity index (χ2v) is 4.24. The van der Waals surface area contributed by atoms with E-state index in [0.717, 1.165) is 38.9 Å². The van der Waals surface area contributed by atoms with Crippen LogP contribution in [0.4, 0.5) is 0 Å². The Bertz CT molecular complexity index is 185. The predicted octanol–water partition coefficient (Wildman–Crippen LogP) is 2.19. The molecule has 1 unspecified atom stereocenters. The third kappa shape index (κ3) is 4.31. The summed E-state index contributed by atoms with van der Waals surface area (Å²) in [4.78, 5) is 11.9. The first-order chi connectivity index (χ1) is 7.27.